The van der Waals surface area contributed by atoms with Crippen LogP contribution in [0.15, 0.2) is 24.5 Å². The van der Waals surface area contributed by atoms with Crippen LogP contribution in [-0.2, 0) is 16.1 Å². The third kappa shape index (κ3) is 6.88. The average molecular weight is 291 g/mol. The van der Waals surface area contributed by atoms with E-state index in [0.717, 1.165) is 12.0 Å². The number of pyridine rings is 1. The van der Waals surface area contributed by atoms with Gasteiger partial charge in [-0.25, -0.2) is 0 Å². The van der Waals surface area contributed by atoms with E-state index in [9.17, 15) is 9.59 Å². The Balaban J connectivity index is 2.49. The van der Waals surface area contributed by atoms with Gasteiger partial charge in [0.15, 0.2) is 0 Å². The van der Waals surface area contributed by atoms with E-state index < -0.39 is 17.4 Å². The fourth-order valence-corrected chi connectivity index (χ4v) is 2.50. The largest absolute Gasteiger partial charge is 0.344 e. The van der Waals surface area contributed by atoms with Gasteiger partial charge >= 0.3 is 11.8 Å². The zero-order chi connectivity index (χ0) is 16.1. The monoisotopic (exact) mass is 291 g/mol. The van der Waals surface area contributed by atoms with Crippen LogP contribution in [0.2, 0.25) is 0 Å². The molecule has 1 aromatic rings. The SMILES string of the molecule is CC(C)(C)CC(C)(C)NC(=O)C(=O)NCc1cccnc1. The highest BCUT2D eigenvalue weighted by molar-refractivity contribution is 6.35. The summed E-state index contributed by atoms with van der Waals surface area (Å²) in [6.07, 6.45) is 4.09. The van der Waals surface area contributed by atoms with Crippen LogP contribution in [0.1, 0.15) is 46.6 Å². The van der Waals surface area contributed by atoms with Crippen molar-refractivity contribution in [3.05, 3.63) is 30.1 Å². The Labute approximate surface area is 126 Å². The lowest BCUT2D eigenvalue weighted by atomic mass is 9.82. The van der Waals surface area contributed by atoms with Crippen molar-refractivity contribution in [1.82, 2.24) is 15.6 Å². The Hall–Kier alpha value is -1.91. The normalized spacial score (nSPS) is 11.9. The molecule has 1 heterocycles. The third-order valence-electron chi connectivity index (χ3n) is 2.81. The number of carbonyl (C=O) groups excluding carboxylic acids is 2. The zero-order valence-electron chi connectivity index (χ0n) is 13.5. The zero-order valence-corrected chi connectivity index (χ0v) is 13.5. The number of aromatic nitrogens is 1. The van der Waals surface area contributed by atoms with E-state index in [1.165, 1.54) is 0 Å². The summed E-state index contributed by atoms with van der Waals surface area (Å²) >= 11 is 0. The van der Waals surface area contributed by atoms with Gasteiger partial charge in [-0.05, 0) is 37.3 Å². The van der Waals surface area contributed by atoms with Crippen molar-refractivity contribution < 1.29 is 9.59 Å². The van der Waals surface area contributed by atoms with Crippen molar-refractivity contribution in [1.29, 1.82) is 0 Å². The highest BCUT2D eigenvalue weighted by Crippen LogP contribution is 2.26. The summed E-state index contributed by atoms with van der Waals surface area (Å²) in [5.41, 5.74) is 0.497. The quantitative estimate of drug-likeness (QED) is 0.834. The van der Waals surface area contributed by atoms with Crippen LogP contribution < -0.4 is 10.6 Å². The van der Waals surface area contributed by atoms with Crippen LogP contribution in [0, 0.1) is 5.41 Å². The van der Waals surface area contributed by atoms with Crippen LogP contribution in [0.5, 0.6) is 0 Å². The van der Waals surface area contributed by atoms with Crippen LogP contribution in [0.3, 0.4) is 0 Å². The van der Waals surface area contributed by atoms with Crippen molar-refractivity contribution in [3.63, 3.8) is 0 Å². The predicted molar refractivity (Wildman–Crippen MR) is 82.4 cm³/mol. The molecule has 116 valence electrons. The lowest BCUT2D eigenvalue weighted by molar-refractivity contribution is -0.140. The highest BCUT2D eigenvalue weighted by Gasteiger charge is 2.29. The molecule has 0 fully saturated rings. The average Bonchev–Trinajstić information content (AvgIpc) is 2.33. The summed E-state index contributed by atoms with van der Waals surface area (Å²) in [5.74, 6) is -1.23. The second-order valence-electron chi connectivity index (χ2n) is 7.12. The molecule has 5 nitrogen and oxygen atoms in total. The van der Waals surface area contributed by atoms with Crippen LogP contribution >= 0.6 is 0 Å². The first-order valence-corrected chi connectivity index (χ1v) is 7.08. The molecule has 0 aliphatic rings. The van der Waals surface area contributed by atoms with E-state index in [0.29, 0.717) is 6.54 Å². The smallest absolute Gasteiger partial charge is 0.309 e. The summed E-state index contributed by atoms with van der Waals surface area (Å²) in [5, 5.41) is 5.38. The van der Waals surface area contributed by atoms with Gasteiger partial charge in [-0.15, -0.1) is 0 Å². The van der Waals surface area contributed by atoms with Gasteiger partial charge < -0.3 is 10.6 Å². The van der Waals surface area contributed by atoms with Crippen molar-refractivity contribution >= 4 is 11.8 Å². The molecule has 0 spiro atoms. The summed E-state index contributed by atoms with van der Waals surface area (Å²) in [6.45, 7) is 10.4. The van der Waals surface area contributed by atoms with Crippen LogP contribution in [0.4, 0.5) is 0 Å². The van der Waals surface area contributed by atoms with Gasteiger partial charge in [0.1, 0.15) is 0 Å². The summed E-state index contributed by atoms with van der Waals surface area (Å²) in [4.78, 5) is 27.7. The first-order chi connectivity index (χ1) is 9.59. The maximum atomic E-state index is 11.9. The molecule has 21 heavy (non-hydrogen) atoms. The Morgan fingerprint density at radius 3 is 2.33 bits per heavy atom. The Morgan fingerprint density at radius 2 is 1.81 bits per heavy atom. The topological polar surface area (TPSA) is 71.1 Å². The molecular weight excluding hydrogens is 266 g/mol. The Bertz CT molecular complexity index is 490. The molecular formula is C16H25N3O2. The van der Waals surface area contributed by atoms with Gasteiger partial charge in [-0.2, -0.15) is 0 Å². The molecule has 0 aliphatic carbocycles. The Morgan fingerprint density at radius 1 is 1.14 bits per heavy atom. The van der Waals surface area contributed by atoms with Gasteiger partial charge in [0.05, 0.1) is 0 Å². The van der Waals surface area contributed by atoms with E-state index in [-0.39, 0.29) is 5.41 Å². The molecule has 0 radical (unpaired) electrons. The molecule has 0 bridgehead atoms. The van der Waals surface area contributed by atoms with E-state index >= 15 is 0 Å². The molecule has 0 aromatic carbocycles. The van der Waals surface area contributed by atoms with E-state index in [2.05, 4.69) is 36.4 Å². The highest BCUT2D eigenvalue weighted by atomic mass is 16.2. The first kappa shape index (κ1) is 17.1. The molecule has 5 heteroatoms. The van der Waals surface area contributed by atoms with E-state index in [1.807, 2.05) is 19.9 Å². The number of hydrogen-bond acceptors (Lipinski definition) is 3. The third-order valence-corrected chi connectivity index (χ3v) is 2.81. The number of nitrogens with one attached hydrogen (secondary N) is 2. The molecule has 1 aromatic heterocycles. The van der Waals surface area contributed by atoms with E-state index in [1.54, 1.807) is 18.5 Å². The van der Waals surface area contributed by atoms with Gasteiger partial charge in [-0.3, -0.25) is 14.6 Å². The maximum Gasteiger partial charge on any atom is 0.309 e. The maximum absolute atomic E-state index is 11.9. The number of hydrogen-bond donors (Lipinski definition) is 2. The predicted octanol–water partition coefficient (Wildman–Crippen LogP) is 2.03. The molecule has 2 N–H and O–H groups in total. The fourth-order valence-electron chi connectivity index (χ4n) is 2.50. The second kappa shape index (κ2) is 6.70. The van der Waals surface area contributed by atoms with Gasteiger partial charge in [0, 0.05) is 24.5 Å². The molecule has 2 amide bonds. The standard InChI is InChI=1S/C16H25N3O2/c1-15(2,3)11-16(4,5)19-14(21)13(20)18-10-12-7-6-8-17-9-12/h6-9H,10-11H2,1-5H3,(H,18,20)(H,19,21). The molecule has 0 saturated heterocycles. The van der Waals surface area contributed by atoms with Crippen LogP contribution in [-0.4, -0.2) is 22.3 Å². The summed E-state index contributed by atoms with van der Waals surface area (Å²) in [6, 6.07) is 3.63. The fraction of sp³-hybridized carbons (Fsp3) is 0.562. The number of nitrogens with zero attached hydrogens (tertiary/aromatic N) is 1. The van der Waals surface area contributed by atoms with Crippen molar-refractivity contribution in [3.8, 4) is 0 Å². The van der Waals surface area contributed by atoms with E-state index in [4.69, 9.17) is 0 Å². The van der Waals surface area contributed by atoms with Crippen LogP contribution in [0.25, 0.3) is 0 Å². The van der Waals surface area contributed by atoms with Crippen molar-refractivity contribution in [2.75, 3.05) is 0 Å². The van der Waals surface area contributed by atoms with Gasteiger partial charge in [-0.1, -0.05) is 26.8 Å². The molecule has 0 atom stereocenters. The minimum absolute atomic E-state index is 0.0724. The molecule has 0 aliphatic heterocycles. The minimum Gasteiger partial charge on any atom is -0.344 e. The summed E-state index contributed by atoms with van der Waals surface area (Å²) < 4.78 is 0. The molecule has 0 unspecified atom stereocenters. The minimum atomic E-state index is -0.624. The lowest BCUT2D eigenvalue weighted by Gasteiger charge is -2.33. The molecule has 1 rings (SSSR count). The van der Waals surface area contributed by atoms with Crippen molar-refractivity contribution in [2.45, 2.75) is 53.1 Å². The number of rotatable bonds is 4. The number of amides is 2. The second-order valence-corrected chi connectivity index (χ2v) is 7.12. The molecule has 0 saturated carbocycles. The van der Waals surface area contributed by atoms with Crippen molar-refractivity contribution in [2.24, 2.45) is 5.41 Å². The summed E-state index contributed by atoms with van der Waals surface area (Å²) in [7, 11) is 0. The lowest BCUT2D eigenvalue weighted by Crippen LogP contribution is -2.51. The van der Waals surface area contributed by atoms with Gasteiger partial charge in [0.2, 0.25) is 0 Å². The van der Waals surface area contributed by atoms with Gasteiger partial charge in [0.25, 0.3) is 0 Å². The first-order valence-electron chi connectivity index (χ1n) is 7.08. The Kier molecular flexibility index (Phi) is 5.47. The number of carbonyl (C=O) groups is 2.